The standard InChI is InChI=1S/C20H28ClN3O.HI/c1-2-22-18(24-10-8-19(14-24)9-11-25-15-19)23-13-20(6-7-20)16-4-3-5-17(21)12-16;/h3-5,12H,2,6-11,13-15H2,1H3,(H,22,23);1H. The maximum Gasteiger partial charge on any atom is 0.193 e. The lowest BCUT2D eigenvalue weighted by atomic mass is 9.87. The fourth-order valence-electron chi connectivity index (χ4n) is 4.25. The Bertz CT molecular complexity index is 656. The Hall–Kier alpha value is -0.530. The number of aliphatic imine (C=N–C) groups is 1. The third-order valence-corrected chi connectivity index (χ3v) is 6.31. The van der Waals surface area contributed by atoms with Crippen LogP contribution < -0.4 is 5.32 Å². The molecule has 1 N–H and O–H groups in total. The highest BCUT2D eigenvalue weighted by atomic mass is 127. The molecule has 0 radical (unpaired) electrons. The second-order valence-corrected chi connectivity index (χ2v) is 8.37. The van der Waals surface area contributed by atoms with Crippen LogP contribution in [0.25, 0.3) is 0 Å². The molecule has 0 amide bonds. The van der Waals surface area contributed by atoms with E-state index >= 15 is 0 Å². The maximum atomic E-state index is 6.20. The molecule has 0 aromatic heterocycles. The number of hydrogen-bond donors (Lipinski definition) is 1. The van der Waals surface area contributed by atoms with Crippen LogP contribution in [0.5, 0.6) is 0 Å². The van der Waals surface area contributed by atoms with Crippen LogP contribution in [0.4, 0.5) is 0 Å². The number of nitrogens with one attached hydrogen (secondary N) is 1. The summed E-state index contributed by atoms with van der Waals surface area (Å²) in [6, 6.07) is 8.30. The Morgan fingerprint density at radius 2 is 2.15 bits per heavy atom. The number of rotatable bonds is 4. The Morgan fingerprint density at radius 1 is 1.31 bits per heavy atom. The van der Waals surface area contributed by atoms with Gasteiger partial charge in [0.15, 0.2) is 5.96 Å². The van der Waals surface area contributed by atoms with Crippen LogP contribution in [-0.4, -0.2) is 50.3 Å². The van der Waals surface area contributed by atoms with Crippen molar-refractivity contribution >= 4 is 41.5 Å². The van der Waals surface area contributed by atoms with E-state index in [0.717, 1.165) is 50.4 Å². The molecule has 144 valence electrons. The van der Waals surface area contributed by atoms with E-state index in [0.29, 0.717) is 5.41 Å². The molecule has 1 aliphatic carbocycles. The van der Waals surface area contributed by atoms with Gasteiger partial charge in [-0.15, -0.1) is 24.0 Å². The highest BCUT2D eigenvalue weighted by Gasteiger charge is 2.45. The zero-order valence-corrected chi connectivity index (χ0v) is 18.6. The first kappa shape index (κ1) is 20.2. The van der Waals surface area contributed by atoms with Crippen molar-refractivity contribution in [2.75, 3.05) is 39.4 Å². The first-order valence-electron chi connectivity index (χ1n) is 9.52. The summed E-state index contributed by atoms with van der Waals surface area (Å²) in [6.07, 6.45) is 4.81. The van der Waals surface area contributed by atoms with Crippen LogP contribution >= 0.6 is 35.6 Å². The van der Waals surface area contributed by atoms with Gasteiger partial charge in [0.2, 0.25) is 0 Å². The molecule has 2 aliphatic heterocycles. The number of ether oxygens (including phenoxy) is 1. The molecule has 1 aromatic carbocycles. The summed E-state index contributed by atoms with van der Waals surface area (Å²) in [5.41, 5.74) is 1.89. The van der Waals surface area contributed by atoms with Crippen LogP contribution in [-0.2, 0) is 10.2 Å². The lowest BCUT2D eigenvalue weighted by Gasteiger charge is -2.25. The van der Waals surface area contributed by atoms with E-state index in [2.05, 4.69) is 35.3 Å². The van der Waals surface area contributed by atoms with Gasteiger partial charge >= 0.3 is 0 Å². The monoisotopic (exact) mass is 489 g/mol. The van der Waals surface area contributed by atoms with Gasteiger partial charge < -0.3 is 15.0 Å². The van der Waals surface area contributed by atoms with Crippen molar-refractivity contribution in [2.45, 2.75) is 38.0 Å². The molecule has 2 saturated heterocycles. The minimum atomic E-state index is 0. The number of benzene rings is 1. The molecule has 6 heteroatoms. The molecule has 1 aromatic rings. The first-order chi connectivity index (χ1) is 12.1. The third-order valence-electron chi connectivity index (χ3n) is 6.08. The van der Waals surface area contributed by atoms with Crippen molar-refractivity contribution in [1.82, 2.24) is 10.2 Å². The average Bonchev–Trinajstić information content (AvgIpc) is 3.08. The maximum absolute atomic E-state index is 6.20. The molecular formula is C20H29ClIN3O. The van der Waals surface area contributed by atoms with Gasteiger partial charge in [-0.1, -0.05) is 23.7 Å². The van der Waals surface area contributed by atoms with Gasteiger partial charge in [-0.05, 0) is 50.3 Å². The summed E-state index contributed by atoms with van der Waals surface area (Å²) in [7, 11) is 0. The van der Waals surface area contributed by atoms with Gasteiger partial charge in [-0.2, -0.15) is 0 Å². The van der Waals surface area contributed by atoms with Crippen LogP contribution in [0, 0.1) is 5.41 Å². The van der Waals surface area contributed by atoms with Gasteiger partial charge in [0.05, 0.1) is 13.2 Å². The molecule has 2 heterocycles. The Balaban J connectivity index is 0.00000196. The van der Waals surface area contributed by atoms with Crippen LogP contribution in [0.3, 0.4) is 0 Å². The van der Waals surface area contributed by atoms with E-state index in [9.17, 15) is 0 Å². The Kier molecular flexibility index (Phi) is 6.40. The summed E-state index contributed by atoms with van der Waals surface area (Å²) in [4.78, 5) is 7.47. The van der Waals surface area contributed by atoms with Crippen LogP contribution in [0.1, 0.15) is 38.2 Å². The summed E-state index contributed by atoms with van der Waals surface area (Å²) in [5.74, 6) is 1.07. The predicted molar refractivity (Wildman–Crippen MR) is 118 cm³/mol. The van der Waals surface area contributed by atoms with Gasteiger partial charge in [0.1, 0.15) is 0 Å². The molecule has 1 saturated carbocycles. The summed E-state index contributed by atoms with van der Waals surface area (Å²) in [5, 5.41) is 4.32. The number of guanidine groups is 1. The van der Waals surface area contributed by atoms with Gasteiger partial charge in [0.25, 0.3) is 0 Å². The van der Waals surface area contributed by atoms with E-state index in [-0.39, 0.29) is 29.4 Å². The Labute approximate surface area is 178 Å². The van der Waals surface area contributed by atoms with Gasteiger partial charge in [0, 0.05) is 42.1 Å². The predicted octanol–water partition coefficient (Wildman–Crippen LogP) is 4.07. The largest absolute Gasteiger partial charge is 0.381 e. The minimum absolute atomic E-state index is 0. The SMILES string of the molecule is CCNC(=NCC1(c2cccc(Cl)c2)CC1)N1CCC2(CCOC2)C1.I. The molecule has 4 rings (SSSR count). The second-order valence-electron chi connectivity index (χ2n) is 7.93. The summed E-state index contributed by atoms with van der Waals surface area (Å²) in [6.45, 7) is 7.87. The molecule has 1 spiro atoms. The number of nitrogens with zero attached hydrogens (tertiary/aromatic N) is 2. The molecular weight excluding hydrogens is 461 g/mol. The van der Waals surface area contributed by atoms with E-state index in [1.165, 1.54) is 31.2 Å². The van der Waals surface area contributed by atoms with Crippen molar-refractivity contribution in [2.24, 2.45) is 10.4 Å². The second kappa shape index (κ2) is 8.23. The third kappa shape index (κ3) is 4.14. The molecule has 3 aliphatic rings. The first-order valence-corrected chi connectivity index (χ1v) is 9.90. The van der Waals surface area contributed by atoms with Gasteiger partial charge in [-0.3, -0.25) is 4.99 Å². The van der Waals surface area contributed by atoms with E-state index < -0.39 is 0 Å². The smallest absolute Gasteiger partial charge is 0.193 e. The zero-order chi connectivity index (χ0) is 17.3. The van der Waals surface area contributed by atoms with Crippen molar-refractivity contribution in [1.29, 1.82) is 0 Å². The lowest BCUT2D eigenvalue weighted by molar-refractivity contribution is 0.156. The molecule has 3 fully saturated rings. The fraction of sp³-hybridized carbons (Fsp3) is 0.650. The number of halogens is 2. The van der Waals surface area contributed by atoms with Crippen molar-refractivity contribution in [3.8, 4) is 0 Å². The summed E-state index contributed by atoms with van der Waals surface area (Å²) >= 11 is 6.20. The normalized spacial score (nSPS) is 26.8. The lowest BCUT2D eigenvalue weighted by Crippen LogP contribution is -2.42. The van der Waals surface area contributed by atoms with E-state index in [4.69, 9.17) is 21.3 Å². The van der Waals surface area contributed by atoms with Crippen molar-refractivity contribution in [3.63, 3.8) is 0 Å². The summed E-state index contributed by atoms with van der Waals surface area (Å²) < 4.78 is 5.66. The van der Waals surface area contributed by atoms with Crippen LogP contribution in [0.15, 0.2) is 29.3 Å². The van der Waals surface area contributed by atoms with Gasteiger partial charge in [-0.25, -0.2) is 0 Å². The fourth-order valence-corrected chi connectivity index (χ4v) is 4.44. The highest BCUT2D eigenvalue weighted by Crippen LogP contribution is 2.49. The Morgan fingerprint density at radius 3 is 2.81 bits per heavy atom. The van der Waals surface area contributed by atoms with Crippen molar-refractivity contribution in [3.05, 3.63) is 34.9 Å². The molecule has 0 bridgehead atoms. The van der Waals surface area contributed by atoms with Crippen LogP contribution in [0.2, 0.25) is 5.02 Å². The molecule has 4 nitrogen and oxygen atoms in total. The quantitative estimate of drug-likeness (QED) is 0.394. The topological polar surface area (TPSA) is 36.9 Å². The molecule has 1 atom stereocenters. The van der Waals surface area contributed by atoms with Crippen molar-refractivity contribution < 1.29 is 4.74 Å². The molecule has 1 unspecified atom stereocenters. The van der Waals surface area contributed by atoms with E-state index in [1.54, 1.807) is 0 Å². The minimum Gasteiger partial charge on any atom is -0.381 e. The average molecular weight is 490 g/mol. The number of likely N-dealkylation sites (tertiary alicyclic amines) is 1. The zero-order valence-electron chi connectivity index (χ0n) is 15.5. The molecule has 26 heavy (non-hydrogen) atoms. The number of hydrogen-bond acceptors (Lipinski definition) is 2. The van der Waals surface area contributed by atoms with E-state index in [1.807, 2.05) is 6.07 Å². The highest BCUT2D eigenvalue weighted by molar-refractivity contribution is 14.0.